The van der Waals surface area contributed by atoms with Crippen LogP contribution in [0.4, 0.5) is 0 Å². The molecule has 2 aliphatic rings. The van der Waals surface area contributed by atoms with Gasteiger partial charge in [-0.1, -0.05) is 44.2 Å². The molecule has 0 radical (unpaired) electrons. The first kappa shape index (κ1) is 12.9. The fraction of sp³-hybridized carbons (Fsp3) is 0.375. The maximum Gasteiger partial charge on any atom is 0.359 e. The van der Waals surface area contributed by atoms with Gasteiger partial charge in [-0.15, -0.1) is 0 Å². The van der Waals surface area contributed by atoms with Crippen molar-refractivity contribution < 1.29 is 19.1 Å². The van der Waals surface area contributed by atoms with Crippen molar-refractivity contribution in [3.8, 4) is 0 Å². The first-order valence-corrected chi connectivity index (χ1v) is 6.71. The Morgan fingerprint density at radius 1 is 1.20 bits per heavy atom. The molecule has 0 amide bonds. The first-order valence-electron chi connectivity index (χ1n) is 6.71. The van der Waals surface area contributed by atoms with Gasteiger partial charge in [0, 0.05) is 11.6 Å². The van der Waals surface area contributed by atoms with E-state index in [0.29, 0.717) is 12.2 Å². The van der Waals surface area contributed by atoms with E-state index in [1.54, 1.807) is 0 Å². The number of carbonyl (C=O) groups excluding carboxylic acids is 2. The Kier molecular flexibility index (Phi) is 2.71. The third kappa shape index (κ3) is 1.48. The molecular formula is C16H16O4. The van der Waals surface area contributed by atoms with E-state index in [1.807, 2.05) is 44.2 Å². The minimum Gasteiger partial charge on any atom is -0.466 e. The van der Waals surface area contributed by atoms with Gasteiger partial charge >= 0.3 is 5.97 Å². The minimum absolute atomic E-state index is 0.212. The number of ketones is 1. The monoisotopic (exact) mass is 272 g/mol. The lowest BCUT2D eigenvalue weighted by molar-refractivity contribution is -0.159. The Labute approximate surface area is 117 Å². The van der Waals surface area contributed by atoms with E-state index in [4.69, 9.17) is 9.47 Å². The molecule has 4 nitrogen and oxygen atoms in total. The quantitative estimate of drug-likeness (QED) is 0.612. The standard InChI is InChI=1S/C16H16O4/c1-3-15(2)10-19-14(18)16(15)13(17)9-12(20-16)11-7-5-4-6-8-11/h4-9H,3,10H2,1-2H3/t15-,16-/m0/s1. The van der Waals surface area contributed by atoms with Gasteiger partial charge in [-0.2, -0.15) is 0 Å². The van der Waals surface area contributed by atoms with Crippen LogP contribution in [0.15, 0.2) is 36.4 Å². The maximum absolute atomic E-state index is 12.5. The van der Waals surface area contributed by atoms with Crippen LogP contribution >= 0.6 is 0 Å². The largest absolute Gasteiger partial charge is 0.466 e. The second-order valence-corrected chi connectivity index (χ2v) is 5.51. The molecule has 1 aromatic rings. The van der Waals surface area contributed by atoms with Crippen LogP contribution in [0.25, 0.3) is 5.76 Å². The van der Waals surface area contributed by atoms with Crippen LogP contribution < -0.4 is 0 Å². The van der Waals surface area contributed by atoms with Crippen LogP contribution in [0.5, 0.6) is 0 Å². The molecule has 104 valence electrons. The van der Waals surface area contributed by atoms with E-state index in [0.717, 1.165) is 5.56 Å². The van der Waals surface area contributed by atoms with Crippen LogP contribution in [-0.4, -0.2) is 24.0 Å². The van der Waals surface area contributed by atoms with E-state index in [2.05, 4.69) is 0 Å². The second-order valence-electron chi connectivity index (χ2n) is 5.51. The average molecular weight is 272 g/mol. The number of hydrogen-bond donors (Lipinski definition) is 0. The number of rotatable bonds is 2. The number of hydrogen-bond acceptors (Lipinski definition) is 4. The summed E-state index contributed by atoms with van der Waals surface area (Å²) < 4.78 is 11.0. The van der Waals surface area contributed by atoms with Crippen molar-refractivity contribution in [3.05, 3.63) is 42.0 Å². The Bertz CT molecular complexity index is 604. The van der Waals surface area contributed by atoms with Crippen molar-refractivity contribution in [2.75, 3.05) is 6.61 Å². The summed E-state index contributed by atoms with van der Waals surface area (Å²) in [6.45, 7) is 4.00. The fourth-order valence-corrected chi connectivity index (χ4v) is 2.80. The van der Waals surface area contributed by atoms with E-state index in [-0.39, 0.29) is 12.4 Å². The molecule has 4 heteroatoms. The molecule has 0 aromatic heterocycles. The number of ether oxygens (including phenoxy) is 2. The van der Waals surface area contributed by atoms with Gasteiger partial charge < -0.3 is 9.47 Å². The SMILES string of the molecule is CC[C@@]1(C)COC(=O)[C@]12OC(c1ccccc1)=CC2=O. The van der Waals surface area contributed by atoms with Gasteiger partial charge in [0.2, 0.25) is 5.78 Å². The predicted octanol–water partition coefficient (Wildman–Crippen LogP) is 2.34. The molecular weight excluding hydrogens is 256 g/mol. The molecule has 0 N–H and O–H groups in total. The van der Waals surface area contributed by atoms with E-state index >= 15 is 0 Å². The first-order chi connectivity index (χ1) is 9.53. The zero-order valence-electron chi connectivity index (χ0n) is 11.5. The van der Waals surface area contributed by atoms with Gasteiger partial charge in [-0.25, -0.2) is 4.79 Å². The third-order valence-electron chi connectivity index (χ3n) is 4.37. The highest BCUT2D eigenvalue weighted by Gasteiger charge is 2.68. The Hall–Kier alpha value is -2.10. The highest BCUT2D eigenvalue weighted by atomic mass is 16.6. The third-order valence-corrected chi connectivity index (χ3v) is 4.37. The summed E-state index contributed by atoms with van der Waals surface area (Å²) in [7, 11) is 0. The Morgan fingerprint density at radius 2 is 1.90 bits per heavy atom. The molecule has 0 unspecified atom stereocenters. The lowest BCUT2D eigenvalue weighted by Gasteiger charge is -2.33. The number of esters is 1. The van der Waals surface area contributed by atoms with Crippen molar-refractivity contribution >= 4 is 17.5 Å². The van der Waals surface area contributed by atoms with Gasteiger partial charge in [-0.3, -0.25) is 4.79 Å². The number of cyclic esters (lactones) is 1. The summed E-state index contributed by atoms with van der Waals surface area (Å²) in [5, 5.41) is 0. The molecule has 1 fully saturated rings. The predicted molar refractivity (Wildman–Crippen MR) is 72.6 cm³/mol. The van der Waals surface area contributed by atoms with Crippen LogP contribution in [0.2, 0.25) is 0 Å². The molecule has 0 aliphatic carbocycles. The molecule has 1 spiro atoms. The number of benzene rings is 1. The van der Waals surface area contributed by atoms with E-state index in [9.17, 15) is 9.59 Å². The maximum atomic E-state index is 12.5. The summed E-state index contributed by atoms with van der Waals surface area (Å²) in [6.07, 6.45) is 2.04. The van der Waals surface area contributed by atoms with Crippen LogP contribution in [0, 0.1) is 5.41 Å². The van der Waals surface area contributed by atoms with Crippen LogP contribution in [0.3, 0.4) is 0 Å². The summed E-state index contributed by atoms with van der Waals surface area (Å²) in [5.41, 5.74) is -1.35. The molecule has 1 aromatic carbocycles. The van der Waals surface area contributed by atoms with Crippen molar-refractivity contribution in [2.45, 2.75) is 25.9 Å². The molecule has 0 saturated carbocycles. The minimum atomic E-state index is -1.51. The zero-order chi connectivity index (χ0) is 14.4. The summed E-state index contributed by atoms with van der Waals surface area (Å²) in [4.78, 5) is 24.6. The normalized spacial score (nSPS) is 32.2. The second kappa shape index (κ2) is 4.20. The lowest BCUT2D eigenvalue weighted by atomic mass is 9.72. The molecule has 3 rings (SSSR count). The van der Waals surface area contributed by atoms with E-state index < -0.39 is 17.0 Å². The zero-order valence-corrected chi connectivity index (χ0v) is 11.5. The molecule has 2 atom stereocenters. The summed E-state index contributed by atoms with van der Waals surface area (Å²) in [5.74, 6) is -0.452. The van der Waals surface area contributed by atoms with Gasteiger partial charge in [0.1, 0.15) is 12.4 Å². The van der Waals surface area contributed by atoms with Crippen molar-refractivity contribution in [2.24, 2.45) is 5.41 Å². The van der Waals surface area contributed by atoms with Gasteiger partial charge in [0.25, 0.3) is 5.60 Å². The van der Waals surface area contributed by atoms with Crippen LogP contribution in [-0.2, 0) is 19.1 Å². The number of carbonyl (C=O) groups is 2. The molecule has 2 aliphatic heterocycles. The van der Waals surface area contributed by atoms with Gasteiger partial charge in [0.05, 0.1) is 5.41 Å². The molecule has 20 heavy (non-hydrogen) atoms. The van der Waals surface area contributed by atoms with Crippen molar-refractivity contribution in [3.63, 3.8) is 0 Å². The Morgan fingerprint density at radius 3 is 2.55 bits per heavy atom. The summed E-state index contributed by atoms with van der Waals surface area (Å²) >= 11 is 0. The van der Waals surface area contributed by atoms with E-state index in [1.165, 1.54) is 6.08 Å². The smallest absolute Gasteiger partial charge is 0.359 e. The van der Waals surface area contributed by atoms with Crippen molar-refractivity contribution in [1.82, 2.24) is 0 Å². The summed E-state index contributed by atoms with van der Waals surface area (Å²) in [6, 6.07) is 9.31. The highest BCUT2D eigenvalue weighted by Crippen LogP contribution is 2.50. The fourth-order valence-electron chi connectivity index (χ4n) is 2.80. The van der Waals surface area contributed by atoms with Gasteiger partial charge in [-0.05, 0) is 6.42 Å². The van der Waals surface area contributed by atoms with Crippen LogP contribution in [0.1, 0.15) is 25.8 Å². The highest BCUT2D eigenvalue weighted by molar-refractivity contribution is 6.19. The molecule has 1 saturated heterocycles. The Balaban J connectivity index is 2.03. The molecule has 2 heterocycles. The molecule has 0 bridgehead atoms. The lowest BCUT2D eigenvalue weighted by Crippen LogP contribution is -2.53. The van der Waals surface area contributed by atoms with Gasteiger partial charge in [0.15, 0.2) is 0 Å². The van der Waals surface area contributed by atoms with Crippen molar-refractivity contribution in [1.29, 1.82) is 0 Å². The average Bonchev–Trinajstić information content (AvgIpc) is 2.95. The topological polar surface area (TPSA) is 52.6 Å².